The molecule has 0 radical (unpaired) electrons. The van der Waals surface area contributed by atoms with Crippen LogP contribution >= 0.6 is 0 Å². The summed E-state index contributed by atoms with van der Waals surface area (Å²) in [4.78, 5) is 17.4. The summed E-state index contributed by atoms with van der Waals surface area (Å²) in [6, 6.07) is 0. The molecule has 0 spiro atoms. The molecule has 2 N–H and O–H groups in total. The number of esters is 1. The largest absolute Gasteiger partial charge is 0.456 e. The highest BCUT2D eigenvalue weighted by atomic mass is 16.6. The van der Waals surface area contributed by atoms with E-state index < -0.39 is 36.1 Å². The zero-order chi connectivity index (χ0) is 27.3. The van der Waals surface area contributed by atoms with Crippen molar-refractivity contribution in [2.24, 2.45) is 10.9 Å². The van der Waals surface area contributed by atoms with Gasteiger partial charge < -0.3 is 29.2 Å². The van der Waals surface area contributed by atoms with Crippen LogP contribution in [0.1, 0.15) is 65.7 Å². The smallest absolute Gasteiger partial charge is 0.330 e. The third-order valence-corrected chi connectivity index (χ3v) is 7.63. The van der Waals surface area contributed by atoms with E-state index >= 15 is 0 Å². The zero-order valence-corrected chi connectivity index (χ0v) is 22.8. The normalized spacial score (nSPS) is 40.9. The molecule has 8 nitrogen and oxygen atoms in total. The number of ether oxygens (including phenoxy) is 4. The number of aliphatic hydroxyl groups is 2. The summed E-state index contributed by atoms with van der Waals surface area (Å²) in [7, 11) is 0. The van der Waals surface area contributed by atoms with Crippen molar-refractivity contribution in [2.45, 2.75) is 114 Å². The van der Waals surface area contributed by atoms with Crippen LogP contribution in [0.3, 0.4) is 0 Å². The minimum atomic E-state index is -1.11. The van der Waals surface area contributed by atoms with Gasteiger partial charge in [-0.1, -0.05) is 49.0 Å². The fraction of sp³-hybridized carbons (Fsp3) is 0.667. The fourth-order valence-electron chi connectivity index (χ4n) is 5.58. The van der Waals surface area contributed by atoms with Crippen molar-refractivity contribution >= 4 is 12.2 Å². The number of epoxide rings is 1. The SMILES string of the molecule is C=C1C[C@H](C)C[C@@H]2CC=C[C@@H](C/C=C\C(=O)O[C@H]([C@H](C)O)C[C@]3(/N=C\[C@@H]4CC(C)=CCO4)O[C@H]3[C@@H](O)C1)O2. The van der Waals surface area contributed by atoms with Gasteiger partial charge in [-0.15, -0.1) is 0 Å². The minimum absolute atomic E-state index is 0.0970. The summed E-state index contributed by atoms with van der Waals surface area (Å²) in [5, 5.41) is 21.6. The third-order valence-electron chi connectivity index (χ3n) is 7.63. The van der Waals surface area contributed by atoms with Crippen molar-refractivity contribution in [3.8, 4) is 0 Å². The fourth-order valence-corrected chi connectivity index (χ4v) is 5.58. The van der Waals surface area contributed by atoms with Crippen LogP contribution in [-0.4, -0.2) is 77.5 Å². The lowest BCUT2D eigenvalue weighted by Gasteiger charge is -2.28. The highest BCUT2D eigenvalue weighted by molar-refractivity contribution is 5.82. The maximum absolute atomic E-state index is 12.6. The second-order valence-electron chi connectivity index (χ2n) is 11.4. The van der Waals surface area contributed by atoms with E-state index in [9.17, 15) is 15.0 Å². The van der Waals surface area contributed by atoms with Crippen molar-refractivity contribution < 1.29 is 34.0 Å². The number of rotatable bonds is 3. The van der Waals surface area contributed by atoms with E-state index in [4.69, 9.17) is 23.9 Å². The summed E-state index contributed by atoms with van der Waals surface area (Å²) < 4.78 is 23.7. The Morgan fingerprint density at radius 1 is 1.24 bits per heavy atom. The molecule has 0 aliphatic carbocycles. The Morgan fingerprint density at radius 3 is 2.82 bits per heavy atom. The molecule has 9 atom stereocenters. The van der Waals surface area contributed by atoms with E-state index in [1.165, 1.54) is 11.6 Å². The van der Waals surface area contributed by atoms with Crippen molar-refractivity contribution in [2.75, 3.05) is 6.61 Å². The molecule has 4 heterocycles. The average Bonchev–Trinajstić information content (AvgIpc) is 3.56. The van der Waals surface area contributed by atoms with Crippen molar-refractivity contribution in [1.82, 2.24) is 0 Å². The highest BCUT2D eigenvalue weighted by Crippen LogP contribution is 2.46. The van der Waals surface area contributed by atoms with E-state index in [1.807, 2.05) is 12.2 Å². The number of cyclic esters (lactones) is 1. The van der Waals surface area contributed by atoms with Crippen LogP contribution in [0, 0.1) is 5.92 Å². The Hall–Kier alpha value is -2.10. The first-order valence-electron chi connectivity index (χ1n) is 13.9. The Balaban J connectivity index is 1.54. The number of hydrogen-bond donors (Lipinski definition) is 2. The third kappa shape index (κ3) is 7.96. The van der Waals surface area contributed by atoms with Gasteiger partial charge in [0.25, 0.3) is 0 Å². The molecule has 0 saturated carbocycles. The molecule has 2 bridgehead atoms. The van der Waals surface area contributed by atoms with Crippen LogP contribution in [0.4, 0.5) is 0 Å². The molecule has 8 heteroatoms. The molecular formula is C30H43NO7. The predicted molar refractivity (Wildman–Crippen MR) is 145 cm³/mol. The maximum atomic E-state index is 12.6. The molecule has 0 amide bonds. The topological polar surface area (TPSA) is 110 Å². The molecular weight excluding hydrogens is 486 g/mol. The number of aliphatic hydroxyl groups excluding tert-OH is 2. The summed E-state index contributed by atoms with van der Waals surface area (Å²) in [6.45, 7) is 10.5. The summed E-state index contributed by atoms with van der Waals surface area (Å²) in [6.07, 6.45) is 11.9. The van der Waals surface area contributed by atoms with Crippen LogP contribution in [0.2, 0.25) is 0 Å². The van der Waals surface area contributed by atoms with Gasteiger partial charge in [0.15, 0.2) is 5.72 Å². The number of fused-ring (bicyclic) bond motifs is 3. The van der Waals surface area contributed by atoms with E-state index in [0.717, 1.165) is 31.3 Å². The first-order valence-corrected chi connectivity index (χ1v) is 13.9. The van der Waals surface area contributed by atoms with Gasteiger partial charge in [-0.3, -0.25) is 4.99 Å². The van der Waals surface area contributed by atoms with Gasteiger partial charge in [0.2, 0.25) is 0 Å². The van der Waals surface area contributed by atoms with Gasteiger partial charge in [0, 0.05) is 18.7 Å². The highest BCUT2D eigenvalue weighted by Gasteiger charge is 2.61. The molecule has 0 aromatic rings. The van der Waals surface area contributed by atoms with Crippen LogP contribution in [0.5, 0.6) is 0 Å². The maximum Gasteiger partial charge on any atom is 0.330 e. The second-order valence-corrected chi connectivity index (χ2v) is 11.4. The van der Waals surface area contributed by atoms with Crippen LogP contribution in [-0.2, 0) is 23.7 Å². The van der Waals surface area contributed by atoms with Gasteiger partial charge >= 0.3 is 5.97 Å². The Labute approximate surface area is 226 Å². The van der Waals surface area contributed by atoms with Crippen LogP contribution < -0.4 is 0 Å². The van der Waals surface area contributed by atoms with Crippen molar-refractivity contribution in [1.29, 1.82) is 0 Å². The number of carbonyl (C=O) groups excluding carboxylic acids is 1. The molecule has 210 valence electrons. The van der Waals surface area contributed by atoms with E-state index in [1.54, 1.807) is 19.2 Å². The summed E-state index contributed by atoms with van der Waals surface area (Å²) in [5.74, 6) is -0.206. The minimum Gasteiger partial charge on any atom is -0.456 e. The molecule has 1 fully saturated rings. The summed E-state index contributed by atoms with van der Waals surface area (Å²) >= 11 is 0. The molecule has 4 aliphatic rings. The molecule has 0 unspecified atom stereocenters. The van der Waals surface area contributed by atoms with Gasteiger partial charge in [-0.2, -0.15) is 0 Å². The van der Waals surface area contributed by atoms with Gasteiger partial charge in [-0.05, 0) is 58.3 Å². The standard InChI is InChI=1S/C30H43NO7/c1-19-11-12-35-25(14-19)18-31-30-17-27(22(4)32)37-28(34)10-6-8-23-7-5-9-24(36-23)15-20(2)13-21(3)16-26(33)29(30)38-30/h5-7,10-11,18,20,22-27,29,32-33H,3,8-9,12-17H2,1-2,4H3/b10-6-,31-18-/t20-,22-,23-,24-,25-,26-,27-,29-,30-/m0/s1. The van der Waals surface area contributed by atoms with Gasteiger partial charge in [0.05, 0.1) is 37.1 Å². The lowest BCUT2D eigenvalue weighted by atomic mass is 9.90. The van der Waals surface area contributed by atoms with Crippen molar-refractivity contribution in [3.63, 3.8) is 0 Å². The quantitative estimate of drug-likeness (QED) is 0.246. The molecule has 4 aliphatic heterocycles. The monoisotopic (exact) mass is 529 g/mol. The van der Waals surface area contributed by atoms with Gasteiger partial charge in [-0.25, -0.2) is 4.79 Å². The van der Waals surface area contributed by atoms with Crippen molar-refractivity contribution in [3.05, 3.63) is 48.1 Å². The van der Waals surface area contributed by atoms with Crippen LogP contribution in [0.25, 0.3) is 0 Å². The first kappa shape index (κ1) is 28.9. The Morgan fingerprint density at radius 2 is 2.05 bits per heavy atom. The molecule has 1 saturated heterocycles. The Bertz CT molecular complexity index is 970. The molecule has 0 aromatic heterocycles. The zero-order valence-electron chi connectivity index (χ0n) is 22.8. The number of aliphatic imine (C=N–C) groups is 1. The van der Waals surface area contributed by atoms with E-state index in [0.29, 0.717) is 25.4 Å². The van der Waals surface area contributed by atoms with Gasteiger partial charge in [0.1, 0.15) is 12.2 Å². The Kier molecular flexibility index (Phi) is 9.76. The lowest BCUT2D eigenvalue weighted by molar-refractivity contribution is -0.149. The van der Waals surface area contributed by atoms with E-state index in [-0.39, 0.29) is 24.7 Å². The predicted octanol–water partition coefficient (Wildman–Crippen LogP) is 3.97. The molecule has 4 rings (SSSR count). The number of hydrogen-bond acceptors (Lipinski definition) is 8. The van der Waals surface area contributed by atoms with E-state index in [2.05, 4.69) is 26.5 Å². The second kappa shape index (κ2) is 12.8. The molecule has 0 aromatic carbocycles. The summed E-state index contributed by atoms with van der Waals surface area (Å²) in [5.41, 5.74) is 1.05. The lowest BCUT2D eigenvalue weighted by Crippen LogP contribution is -2.36. The number of nitrogens with zero attached hydrogens (tertiary/aromatic N) is 1. The molecule has 38 heavy (non-hydrogen) atoms. The first-order chi connectivity index (χ1) is 18.1. The van der Waals surface area contributed by atoms with Crippen LogP contribution in [0.15, 0.2) is 53.1 Å². The average molecular weight is 530 g/mol. The number of carbonyl (C=O) groups is 1.